The summed E-state index contributed by atoms with van der Waals surface area (Å²) in [7, 11) is 0. The smallest absolute Gasteiger partial charge is 0.255 e. The van der Waals surface area contributed by atoms with Gasteiger partial charge in [-0.05, 0) is 38.3 Å². The molecule has 11 N–H and O–H groups in total. The zero-order chi connectivity index (χ0) is 25.6. The van der Waals surface area contributed by atoms with Crippen LogP contribution < -0.4 is 22.5 Å². The molecule has 0 spiro atoms. The van der Waals surface area contributed by atoms with E-state index in [1.807, 2.05) is 0 Å². The summed E-state index contributed by atoms with van der Waals surface area (Å²) in [6.45, 7) is 0.666. The van der Waals surface area contributed by atoms with E-state index in [2.05, 4.69) is 5.32 Å². The fourth-order valence-electron chi connectivity index (χ4n) is 6.09. The summed E-state index contributed by atoms with van der Waals surface area (Å²) in [5.41, 5.74) is 11.0. The number of halogens is 1. The van der Waals surface area contributed by atoms with Crippen molar-refractivity contribution in [2.75, 3.05) is 6.54 Å². The molecule has 4 aliphatic rings. The quantitative estimate of drug-likeness (QED) is 0.241. The monoisotopic (exact) mass is 488 g/mol. The Labute approximate surface area is 198 Å². The lowest BCUT2D eigenvalue weighted by atomic mass is 9.56. The molecule has 1 unspecified atom stereocenters. The van der Waals surface area contributed by atoms with Gasteiger partial charge >= 0.3 is 0 Å². The molecular formula is C23H25FN4O7. The number of hydrogen-bond acceptors (Lipinski definition) is 10. The van der Waals surface area contributed by atoms with E-state index < -0.39 is 86.8 Å². The number of fused-ring (bicyclic) bond motifs is 3. The van der Waals surface area contributed by atoms with Crippen LogP contribution in [0.4, 0.5) is 4.39 Å². The van der Waals surface area contributed by atoms with Crippen molar-refractivity contribution in [2.45, 2.75) is 48.9 Å². The molecule has 12 heteroatoms. The number of rotatable bonds is 2. The molecule has 1 aromatic carbocycles. The Morgan fingerprint density at radius 3 is 2.51 bits per heavy atom. The highest BCUT2D eigenvalue weighted by Crippen LogP contribution is 2.52. The van der Waals surface area contributed by atoms with Gasteiger partial charge in [-0.3, -0.25) is 14.4 Å². The number of phenols is 1. The molecule has 0 saturated carbocycles. The van der Waals surface area contributed by atoms with Crippen molar-refractivity contribution in [1.82, 2.24) is 5.32 Å². The highest BCUT2D eigenvalue weighted by Gasteiger charge is 2.65. The maximum atomic E-state index is 15.7. The maximum absolute atomic E-state index is 15.7. The van der Waals surface area contributed by atoms with E-state index in [-0.39, 0.29) is 23.6 Å². The van der Waals surface area contributed by atoms with Crippen molar-refractivity contribution in [3.8, 4) is 5.75 Å². The van der Waals surface area contributed by atoms with Crippen LogP contribution in [-0.2, 0) is 16.0 Å². The molecule has 35 heavy (non-hydrogen) atoms. The molecule has 1 aliphatic heterocycles. The van der Waals surface area contributed by atoms with Gasteiger partial charge in [-0.2, -0.15) is 0 Å². The van der Waals surface area contributed by atoms with E-state index in [4.69, 9.17) is 17.2 Å². The maximum Gasteiger partial charge on any atom is 0.255 e. The Morgan fingerprint density at radius 1 is 1.23 bits per heavy atom. The highest BCUT2D eigenvalue weighted by atomic mass is 19.1. The molecule has 1 amide bonds. The second-order valence-corrected chi connectivity index (χ2v) is 9.74. The van der Waals surface area contributed by atoms with Crippen LogP contribution in [0.3, 0.4) is 0 Å². The third-order valence-electron chi connectivity index (χ3n) is 7.79. The number of benzene rings is 1. The molecule has 0 radical (unpaired) electrons. The lowest BCUT2D eigenvalue weighted by molar-refractivity contribution is -0.145. The first-order chi connectivity index (χ1) is 16.3. The zero-order valence-corrected chi connectivity index (χ0v) is 18.5. The molecule has 1 saturated heterocycles. The molecule has 1 fully saturated rings. The van der Waals surface area contributed by atoms with Gasteiger partial charge in [-0.1, -0.05) is 0 Å². The lowest BCUT2D eigenvalue weighted by Gasteiger charge is -2.51. The average Bonchev–Trinajstić information content (AvgIpc) is 3.31. The Bertz CT molecular complexity index is 1280. The number of aliphatic hydroxyl groups excluding tert-OH is 2. The van der Waals surface area contributed by atoms with Gasteiger partial charge in [0.2, 0.25) is 5.78 Å². The number of primary amides is 1. The number of aliphatic hydroxyl groups is 3. The summed E-state index contributed by atoms with van der Waals surface area (Å²) in [5.74, 6) is -8.65. The summed E-state index contributed by atoms with van der Waals surface area (Å²) in [5, 5.41) is 46.6. The Kier molecular flexibility index (Phi) is 4.91. The van der Waals surface area contributed by atoms with E-state index in [1.54, 1.807) is 0 Å². The van der Waals surface area contributed by atoms with Crippen LogP contribution in [0.1, 0.15) is 46.8 Å². The summed E-state index contributed by atoms with van der Waals surface area (Å²) in [6, 6.07) is -0.770. The lowest BCUT2D eigenvalue weighted by Crippen LogP contribution is -2.68. The number of hydrogen-bond donors (Lipinski definition) is 8. The van der Waals surface area contributed by atoms with Crippen LogP contribution in [0, 0.1) is 11.7 Å². The number of phenolic OH excluding ortho intramolecular Hbond substituents is 1. The van der Waals surface area contributed by atoms with Crippen molar-refractivity contribution in [2.24, 2.45) is 23.1 Å². The summed E-state index contributed by atoms with van der Waals surface area (Å²) < 4.78 is 15.7. The third-order valence-corrected chi connectivity index (χ3v) is 7.79. The fourth-order valence-corrected chi connectivity index (χ4v) is 6.09. The molecule has 0 bridgehead atoms. The molecule has 1 aromatic rings. The van der Waals surface area contributed by atoms with Gasteiger partial charge in [0.05, 0.1) is 22.7 Å². The largest absolute Gasteiger partial charge is 0.510 e. The summed E-state index contributed by atoms with van der Waals surface area (Å²) in [6.07, 6.45) is 0.638. The molecule has 5 atom stereocenters. The van der Waals surface area contributed by atoms with Crippen molar-refractivity contribution in [3.63, 3.8) is 0 Å². The molecule has 1 heterocycles. The van der Waals surface area contributed by atoms with Gasteiger partial charge < -0.3 is 42.9 Å². The van der Waals surface area contributed by atoms with Crippen LogP contribution in [0.25, 0.3) is 0 Å². The van der Waals surface area contributed by atoms with E-state index in [9.17, 15) is 34.8 Å². The summed E-state index contributed by atoms with van der Waals surface area (Å²) >= 11 is 0. The predicted octanol–water partition coefficient (Wildman–Crippen LogP) is -0.837. The van der Waals surface area contributed by atoms with E-state index in [0.717, 1.165) is 12.5 Å². The topological polar surface area (TPSA) is 222 Å². The molecule has 11 nitrogen and oxygen atoms in total. The number of amides is 1. The summed E-state index contributed by atoms with van der Waals surface area (Å²) in [4.78, 5) is 38.3. The number of nitrogens with two attached hydrogens (primary N) is 3. The molecule has 3 aliphatic carbocycles. The van der Waals surface area contributed by atoms with Crippen LogP contribution >= 0.6 is 0 Å². The molecule has 5 rings (SSSR count). The second-order valence-electron chi connectivity index (χ2n) is 9.74. The standard InChI is InChI=1S/C23H25FN4O7/c24-15-7(10-2-1-3-28-10)4-11(29)12-8(15)5-22(27)6-9-16(25)18(31)13(21(26)34)19(32)23(9,35)20(33)14(22)17(12)30/h4,9-10,16,28-29,31,33,35H,1-3,5-6,25,27H2,(H2,26,34)/t9-,10?,16-,22+,23+/m0/s1. The van der Waals surface area contributed by atoms with Gasteiger partial charge in [-0.25, -0.2) is 4.39 Å². The number of aromatic hydroxyl groups is 1. The highest BCUT2D eigenvalue weighted by molar-refractivity contribution is 6.25. The number of carbonyl (C=O) groups excluding carboxylic acids is 3. The second kappa shape index (κ2) is 7.34. The van der Waals surface area contributed by atoms with Crippen molar-refractivity contribution < 1.29 is 39.2 Å². The first kappa shape index (κ1) is 23.4. The molecule has 186 valence electrons. The molecule has 0 aromatic heterocycles. The van der Waals surface area contributed by atoms with Crippen LogP contribution in [-0.4, -0.2) is 61.6 Å². The SMILES string of the molecule is NC(=O)C1=C(O)[C@@H](N)[C@@H]2C[C@]3(N)Cc4c(F)c(C5CCCN5)cc(O)c4C(=O)C3=C(O)[C@]2(O)C1=O. The van der Waals surface area contributed by atoms with Gasteiger partial charge in [0.15, 0.2) is 11.4 Å². The average molecular weight is 488 g/mol. The number of nitrogens with one attached hydrogen (secondary N) is 1. The van der Waals surface area contributed by atoms with Crippen LogP contribution in [0.2, 0.25) is 0 Å². The van der Waals surface area contributed by atoms with Crippen molar-refractivity contribution >= 4 is 17.5 Å². The van der Waals surface area contributed by atoms with Gasteiger partial charge in [0.25, 0.3) is 5.91 Å². The van der Waals surface area contributed by atoms with E-state index in [0.29, 0.717) is 13.0 Å². The third kappa shape index (κ3) is 2.88. The fraction of sp³-hybridized carbons (Fsp3) is 0.435. The van der Waals surface area contributed by atoms with Crippen molar-refractivity contribution in [1.29, 1.82) is 0 Å². The first-order valence-corrected chi connectivity index (χ1v) is 11.2. The van der Waals surface area contributed by atoms with Crippen LogP contribution in [0.5, 0.6) is 5.75 Å². The van der Waals surface area contributed by atoms with Gasteiger partial charge in [0, 0.05) is 23.1 Å². The van der Waals surface area contributed by atoms with Crippen molar-refractivity contribution in [3.05, 3.63) is 51.2 Å². The molecular weight excluding hydrogens is 463 g/mol. The first-order valence-electron chi connectivity index (χ1n) is 11.2. The van der Waals surface area contributed by atoms with Gasteiger partial charge in [0.1, 0.15) is 28.7 Å². The van der Waals surface area contributed by atoms with E-state index in [1.165, 1.54) is 0 Å². The van der Waals surface area contributed by atoms with Crippen LogP contribution in [0.15, 0.2) is 28.7 Å². The minimum atomic E-state index is -2.89. The zero-order valence-electron chi connectivity index (χ0n) is 18.5. The van der Waals surface area contributed by atoms with E-state index >= 15 is 4.39 Å². The number of Topliss-reactive ketones (excluding diaryl/α,β-unsaturated/α-hetero) is 2. The Morgan fingerprint density at radius 2 is 1.91 bits per heavy atom. The normalized spacial score (nSPS) is 34.6. The Balaban J connectivity index is 1.72. The minimum Gasteiger partial charge on any atom is -0.510 e. The Hall–Kier alpha value is -3.32. The number of carbonyl (C=O) groups is 3. The van der Waals surface area contributed by atoms with Gasteiger partial charge in [-0.15, -0.1) is 0 Å². The minimum absolute atomic E-state index is 0.156. The predicted molar refractivity (Wildman–Crippen MR) is 118 cm³/mol. The number of ketones is 2.